The van der Waals surface area contributed by atoms with Crippen molar-refractivity contribution in [1.82, 2.24) is 0 Å². The zero-order chi connectivity index (χ0) is 15.6. The Morgan fingerprint density at radius 1 is 0.720 bits per heavy atom. The Hall–Kier alpha value is -1.08. The zero-order valence-electron chi connectivity index (χ0n) is 13.9. The van der Waals surface area contributed by atoms with E-state index in [2.05, 4.69) is 60.7 Å². The summed E-state index contributed by atoms with van der Waals surface area (Å²) in [6, 6.07) is 22.8. The average Bonchev–Trinajstić information content (AvgIpc) is 3.62. The maximum atomic E-state index is 7.26. The van der Waals surface area contributed by atoms with Crippen LogP contribution in [0.5, 0.6) is 0 Å². The van der Waals surface area contributed by atoms with Crippen LogP contribution in [-0.4, -0.2) is 4.50 Å². The number of rotatable bonds is 4. The van der Waals surface area contributed by atoms with Crippen LogP contribution in [0, 0.1) is 0 Å². The Labute approximate surface area is 137 Å². The maximum absolute atomic E-state index is 7.26. The van der Waals surface area contributed by atoms with Gasteiger partial charge in [0.05, 0.1) is 0 Å². The molecule has 0 N–H and O–H groups in total. The SMILES string of the molecule is c1ccc(CO[C]23[CH]4[CH]5[CH]6[C]2(c2ccccc2)[Fe]54632789[CH]3[CH]2[CH]7[CH]8[CH]39)cc1. The van der Waals surface area contributed by atoms with E-state index in [0.717, 1.165) is 11.4 Å². The molecule has 10 heterocycles. The van der Waals surface area contributed by atoms with Crippen molar-refractivity contribution in [2.75, 3.05) is 0 Å². The number of hydrogen-bond donors (Lipinski definition) is 0. The molecule has 1 spiro atoms. The van der Waals surface area contributed by atoms with Crippen molar-refractivity contribution in [3.8, 4) is 0 Å². The average molecular weight is 368 g/mol. The monoisotopic (exact) mass is 368 g/mol. The van der Waals surface area contributed by atoms with Crippen LogP contribution in [-0.2, 0) is 22.2 Å². The predicted octanol–water partition coefficient (Wildman–Crippen LogP) is 5.61. The second-order valence-electron chi connectivity index (χ2n) is 12.8. The summed E-state index contributed by atoms with van der Waals surface area (Å²) in [5.74, 6) is 0. The summed E-state index contributed by atoms with van der Waals surface area (Å²) in [7, 11) is 0. The minimum atomic E-state index is -3.46. The van der Waals surface area contributed by atoms with E-state index in [4.69, 9.17) is 4.74 Å². The molecule has 10 aliphatic heterocycles. The zero-order valence-corrected chi connectivity index (χ0v) is 15.0. The molecule has 2 heteroatoms. The van der Waals surface area contributed by atoms with Gasteiger partial charge in [-0.1, -0.05) is 0 Å². The van der Waals surface area contributed by atoms with E-state index in [-0.39, 0.29) is 0 Å². The van der Waals surface area contributed by atoms with E-state index in [1.54, 1.807) is 5.56 Å². The van der Waals surface area contributed by atoms with Crippen LogP contribution in [0.15, 0.2) is 60.7 Å². The molecule has 0 aromatic heterocycles. The quantitative estimate of drug-likeness (QED) is 0.638. The Bertz CT molecular complexity index is 1460. The molecule has 10 fully saturated rings. The van der Waals surface area contributed by atoms with Crippen molar-refractivity contribution in [3.63, 3.8) is 0 Å². The van der Waals surface area contributed by atoms with Crippen molar-refractivity contribution in [2.45, 2.75) is 54.0 Å². The molecule has 0 aliphatic carbocycles. The second-order valence-corrected chi connectivity index (χ2v) is 36.0. The third-order valence-corrected chi connectivity index (χ3v) is 59.6. The fraction of sp³-hybridized carbons (Fsp3) is 0.478. The molecular weight excluding hydrogens is 348 g/mol. The molecule has 5 unspecified atom stereocenters. The molecule has 2 aromatic rings. The van der Waals surface area contributed by atoms with Gasteiger partial charge in [0, 0.05) is 0 Å². The third kappa shape index (κ3) is 0.156. The van der Waals surface area contributed by atoms with Crippen LogP contribution < -0.4 is 0 Å². The van der Waals surface area contributed by atoms with Crippen LogP contribution in [0.25, 0.3) is 0 Å². The first-order chi connectivity index (χ1) is 12.1. The molecule has 0 amide bonds. The summed E-state index contributed by atoms with van der Waals surface area (Å²) in [5.41, 5.74) is 3.14. The van der Waals surface area contributed by atoms with E-state index in [1.165, 1.54) is 39.3 Å². The number of benzene rings is 2. The predicted molar refractivity (Wildman–Crippen MR) is 92.1 cm³/mol. The van der Waals surface area contributed by atoms with Crippen molar-refractivity contribution < 1.29 is 11.2 Å². The van der Waals surface area contributed by atoms with Crippen LogP contribution in [0.2, 0.25) is 38.5 Å². The van der Waals surface area contributed by atoms with Crippen molar-refractivity contribution in [2.24, 2.45) is 0 Å². The standard InChI is InChI=1S/C18H15O.C5H5.Fe/c1-3-8-15(9-4-1)14-19-18-13-7-12-17(18)16-10-5-2-6-11-16;1-2-4-5-3-1;/h1-13H,14H2;1-5H;. The number of ether oxygens (including phenoxy) is 1. The van der Waals surface area contributed by atoms with Gasteiger partial charge in [-0.15, -0.1) is 0 Å². The summed E-state index contributed by atoms with van der Waals surface area (Å²) < 4.78 is 8.35. The van der Waals surface area contributed by atoms with E-state index in [9.17, 15) is 0 Å². The molecule has 1 nitrogen and oxygen atoms in total. The van der Waals surface area contributed by atoms with E-state index in [1.807, 2.05) is 0 Å². The molecule has 10 aliphatic rings. The van der Waals surface area contributed by atoms with Gasteiger partial charge in [0.1, 0.15) is 0 Å². The van der Waals surface area contributed by atoms with Crippen LogP contribution in [0.1, 0.15) is 11.1 Å². The first-order valence-corrected chi connectivity index (χ1v) is 16.3. The van der Waals surface area contributed by atoms with Crippen molar-refractivity contribution in [3.05, 3.63) is 71.8 Å². The van der Waals surface area contributed by atoms with Gasteiger partial charge in [-0.25, -0.2) is 0 Å². The topological polar surface area (TPSA) is 9.23 Å². The van der Waals surface area contributed by atoms with Crippen molar-refractivity contribution >= 4 is 0 Å². The molecule has 0 bridgehead atoms. The van der Waals surface area contributed by atoms with E-state index < -0.39 is 6.51 Å². The van der Waals surface area contributed by atoms with Gasteiger partial charge >= 0.3 is 137 Å². The van der Waals surface area contributed by atoms with Crippen LogP contribution >= 0.6 is 0 Å². The summed E-state index contributed by atoms with van der Waals surface area (Å²) >= 11 is 0. The number of fused-ring (bicyclic) bond motifs is 10. The molecule has 0 radical (unpaired) electrons. The Kier molecular flexibility index (Phi) is 0.473. The Balaban J connectivity index is 1.22. The van der Waals surface area contributed by atoms with Gasteiger partial charge in [0.25, 0.3) is 0 Å². The summed E-state index contributed by atoms with van der Waals surface area (Å²) in [6.45, 7) is -2.59. The minimum absolute atomic E-state index is 0.448. The van der Waals surface area contributed by atoms with Gasteiger partial charge in [0.2, 0.25) is 0 Å². The van der Waals surface area contributed by atoms with Crippen LogP contribution in [0.4, 0.5) is 0 Å². The Morgan fingerprint density at radius 2 is 1.32 bits per heavy atom. The first-order valence-electron chi connectivity index (χ1n) is 10.1. The fourth-order valence-electron chi connectivity index (χ4n) is 19.0. The normalized spacial score (nSPS) is 87.5. The molecule has 12 rings (SSSR count). The van der Waals surface area contributed by atoms with Gasteiger partial charge in [0.15, 0.2) is 0 Å². The van der Waals surface area contributed by atoms with Crippen LogP contribution in [0.3, 0.4) is 0 Å². The van der Waals surface area contributed by atoms with Gasteiger partial charge in [-0.05, 0) is 0 Å². The van der Waals surface area contributed by atoms with Crippen molar-refractivity contribution in [1.29, 1.82) is 0 Å². The van der Waals surface area contributed by atoms with Gasteiger partial charge in [-0.2, -0.15) is 0 Å². The van der Waals surface area contributed by atoms with Gasteiger partial charge < -0.3 is 0 Å². The molecule has 25 heavy (non-hydrogen) atoms. The summed E-state index contributed by atoms with van der Waals surface area (Å²) in [5, 5.41) is 0. The molecule has 10 saturated heterocycles. The molecular formula is C23H20FeO. The van der Waals surface area contributed by atoms with E-state index >= 15 is 0 Å². The van der Waals surface area contributed by atoms with Gasteiger partial charge in [-0.3, -0.25) is 0 Å². The van der Waals surface area contributed by atoms with E-state index in [0.29, 0.717) is 8.81 Å². The third-order valence-electron chi connectivity index (χ3n) is 17.2. The first kappa shape index (κ1) is 10.3. The molecule has 126 valence electrons. The molecule has 2 aromatic carbocycles. The Morgan fingerprint density at radius 3 is 1.88 bits per heavy atom. The summed E-state index contributed by atoms with van der Waals surface area (Å²) in [6.07, 6.45) is 0. The second kappa shape index (κ2) is 1.15. The molecule has 0 saturated carbocycles. The number of hydrogen-bond acceptors (Lipinski definition) is 1. The summed E-state index contributed by atoms with van der Waals surface area (Å²) in [4.78, 5) is 10.0. The molecule has 5 atom stereocenters. The fourth-order valence-corrected chi connectivity index (χ4v) is 93.5.